The highest BCUT2D eigenvalue weighted by Crippen LogP contribution is 2.34. The van der Waals surface area contributed by atoms with Crippen molar-refractivity contribution in [3.05, 3.63) is 21.8 Å². The van der Waals surface area contributed by atoms with Crippen molar-refractivity contribution in [1.29, 1.82) is 0 Å². The summed E-state index contributed by atoms with van der Waals surface area (Å²) in [4.78, 5) is 6.37. The van der Waals surface area contributed by atoms with E-state index in [1.54, 1.807) is 6.20 Å². The summed E-state index contributed by atoms with van der Waals surface area (Å²) < 4.78 is 0.871. The third kappa shape index (κ3) is 2.62. The van der Waals surface area contributed by atoms with Gasteiger partial charge in [0.15, 0.2) is 0 Å². The molecule has 1 saturated carbocycles. The van der Waals surface area contributed by atoms with E-state index in [4.69, 9.17) is 16.7 Å². The second-order valence-electron chi connectivity index (χ2n) is 3.61. The van der Waals surface area contributed by atoms with Crippen LogP contribution in [-0.4, -0.2) is 29.3 Å². The smallest absolute Gasteiger partial charge is 0.147 e. The number of rotatable bonds is 4. The summed E-state index contributed by atoms with van der Waals surface area (Å²) in [6.07, 6.45) is 4.05. The van der Waals surface area contributed by atoms with Gasteiger partial charge >= 0.3 is 0 Å². The second-order valence-corrected chi connectivity index (χ2v) is 4.93. The molecular formula is C10H12BrClN2O. The highest BCUT2D eigenvalue weighted by atomic mass is 79.9. The summed E-state index contributed by atoms with van der Waals surface area (Å²) in [7, 11) is 0. The molecule has 0 unspecified atom stereocenters. The van der Waals surface area contributed by atoms with Crippen molar-refractivity contribution < 1.29 is 5.11 Å². The molecule has 1 aliphatic carbocycles. The summed E-state index contributed by atoms with van der Waals surface area (Å²) >= 11 is 9.44. The lowest BCUT2D eigenvalue weighted by molar-refractivity contribution is 0.301. The molecule has 0 aromatic carbocycles. The molecule has 2 rings (SSSR count). The number of nitrogens with zero attached hydrogens (tertiary/aromatic N) is 2. The van der Waals surface area contributed by atoms with E-state index in [9.17, 15) is 0 Å². The zero-order valence-electron chi connectivity index (χ0n) is 8.16. The van der Waals surface area contributed by atoms with Crippen LogP contribution in [0, 0.1) is 0 Å². The Morgan fingerprint density at radius 3 is 2.87 bits per heavy atom. The summed E-state index contributed by atoms with van der Waals surface area (Å²) in [6.45, 7) is 0.726. The second kappa shape index (κ2) is 4.68. The molecule has 1 heterocycles. The normalized spacial score (nSPS) is 15.4. The lowest BCUT2D eigenvalue weighted by Gasteiger charge is -2.23. The van der Waals surface area contributed by atoms with Crippen LogP contribution in [0.15, 0.2) is 16.7 Å². The first kappa shape index (κ1) is 11.2. The van der Waals surface area contributed by atoms with Crippen LogP contribution < -0.4 is 4.90 Å². The summed E-state index contributed by atoms with van der Waals surface area (Å²) in [5.41, 5.74) is 0. The molecule has 5 heteroatoms. The maximum Gasteiger partial charge on any atom is 0.147 e. The Balaban J connectivity index is 2.24. The van der Waals surface area contributed by atoms with Crippen LogP contribution in [0.4, 0.5) is 5.82 Å². The third-order valence-corrected chi connectivity index (χ3v) is 3.10. The quantitative estimate of drug-likeness (QED) is 0.926. The van der Waals surface area contributed by atoms with Gasteiger partial charge in [0.25, 0.3) is 0 Å². The van der Waals surface area contributed by atoms with Crippen molar-refractivity contribution in [2.24, 2.45) is 0 Å². The van der Waals surface area contributed by atoms with Crippen molar-refractivity contribution >= 4 is 33.3 Å². The molecule has 1 fully saturated rings. The van der Waals surface area contributed by atoms with Crippen LogP contribution in [0.1, 0.15) is 12.8 Å². The molecule has 1 aliphatic rings. The van der Waals surface area contributed by atoms with Crippen molar-refractivity contribution in [2.75, 3.05) is 18.1 Å². The van der Waals surface area contributed by atoms with Crippen molar-refractivity contribution in [3.63, 3.8) is 0 Å². The number of hydrogen-bond donors (Lipinski definition) is 1. The first-order valence-electron chi connectivity index (χ1n) is 4.91. The van der Waals surface area contributed by atoms with Gasteiger partial charge in [0.2, 0.25) is 0 Å². The third-order valence-electron chi connectivity index (χ3n) is 2.39. The number of aliphatic hydroxyl groups excluding tert-OH is 1. The van der Waals surface area contributed by atoms with Gasteiger partial charge in [-0.3, -0.25) is 0 Å². The molecule has 0 saturated heterocycles. The highest BCUT2D eigenvalue weighted by molar-refractivity contribution is 9.10. The van der Waals surface area contributed by atoms with Crippen LogP contribution in [0.25, 0.3) is 0 Å². The van der Waals surface area contributed by atoms with Gasteiger partial charge in [-0.25, -0.2) is 4.98 Å². The van der Waals surface area contributed by atoms with Crippen LogP contribution in [0.5, 0.6) is 0 Å². The summed E-state index contributed by atoms with van der Waals surface area (Å²) in [5, 5.41) is 9.63. The van der Waals surface area contributed by atoms with Crippen molar-refractivity contribution in [2.45, 2.75) is 18.9 Å². The van der Waals surface area contributed by atoms with Crippen LogP contribution in [-0.2, 0) is 0 Å². The number of pyridine rings is 1. The zero-order chi connectivity index (χ0) is 10.8. The molecule has 0 atom stereocenters. The Morgan fingerprint density at radius 2 is 2.33 bits per heavy atom. The lowest BCUT2D eigenvalue weighted by atomic mass is 10.4. The van der Waals surface area contributed by atoms with E-state index in [2.05, 4.69) is 25.8 Å². The number of halogens is 2. The summed E-state index contributed by atoms with van der Waals surface area (Å²) in [6, 6.07) is 2.33. The molecule has 0 aliphatic heterocycles. The minimum atomic E-state index is 0.130. The van der Waals surface area contributed by atoms with Crippen LogP contribution >= 0.6 is 27.5 Å². The van der Waals surface area contributed by atoms with E-state index in [0.29, 0.717) is 17.6 Å². The number of aliphatic hydroxyl groups is 1. The average molecular weight is 292 g/mol. The SMILES string of the molecule is OCCN(c1ncc(Br)cc1Cl)C1CC1. The van der Waals surface area contributed by atoms with E-state index in [1.165, 1.54) is 0 Å². The molecule has 3 nitrogen and oxygen atoms in total. The summed E-state index contributed by atoms with van der Waals surface area (Å²) in [5.74, 6) is 0.774. The molecule has 82 valence electrons. The molecule has 1 N–H and O–H groups in total. The minimum absolute atomic E-state index is 0.130. The standard InChI is InChI=1S/C10H12BrClN2O/c11-7-5-9(12)10(13-6-7)14(3-4-15)8-1-2-8/h5-6,8,15H,1-4H2. The van der Waals surface area contributed by atoms with Crippen molar-refractivity contribution in [3.8, 4) is 0 Å². The van der Waals surface area contributed by atoms with Gasteiger partial charge in [-0.2, -0.15) is 0 Å². The predicted molar refractivity (Wildman–Crippen MR) is 64.4 cm³/mol. The molecule has 0 amide bonds. The van der Waals surface area contributed by atoms with Crippen LogP contribution in [0.3, 0.4) is 0 Å². The van der Waals surface area contributed by atoms with Gasteiger partial charge in [-0.15, -0.1) is 0 Å². The molecule has 1 aromatic rings. The fourth-order valence-electron chi connectivity index (χ4n) is 1.57. The van der Waals surface area contributed by atoms with Gasteiger partial charge in [0.05, 0.1) is 11.6 Å². The van der Waals surface area contributed by atoms with Gasteiger partial charge in [-0.05, 0) is 34.8 Å². The van der Waals surface area contributed by atoms with Crippen molar-refractivity contribution in [1.82, 2.24) is 4.98 Å². The van der Waals surface area contributed by atoms with Gasteiger partial charge in [-0.1, -0.05) is 11.6 Å². The van der Waals surface area contributed by atoms with Gasteiger partial charge in [0.1, 0.15) is 5.82 Å². The molecular weight excluding hydrogens is 279 g/mol. The van der Waals surface area contributed by atoms with E-state index in [1.807, 2.05) is 6.07 Å². The van der Waals surface area contributed by atoms with Gasteiger partial charge < -0.3 is 10.0 Å². The maximum atomic E-state index is 9.00. The fraction of sp³-hybridized carbons (Fsp3) is 0.500. The average Bonchev–Trinajstić information content (AvgIpc) is 2.98. The first-order chi connectivity index (χ1) is 7.22. The Kier molecular flexibility index (Phi) is 3.49. The molecule has 0 spiro atoms. The number of anilines is 1. The fourth-order valence-corrected chi connectivity index (χ4v) is 2.31. The van der Waals surface area contributed by atoms with E-state index in [-0.39, 0.29) is 6.61 Å². The zero-order valence-corrected chi connectivity index (χ0v) is 10.5. The van der Waals surface area contributed by atoms with Crippen LogP contribution in [0.2, 0.25) is 5.02 Å². The first-order valence-corrected chi connectivity index (χ1v) is 6.08. The Labute approximate surface area is 102 Å². The minimum Gasteiger partial charge on any atom is -0.395 e. The van der Waals surface area contributed by atoms with Gasteiger partial charge in [0, 0.05) is 23.3 Å². The monoisotopic (exact) mass is 290 g/mol. The molecule has 15 heavy (non-hydrogen) atoms. The number of aromatic nitrogens is 1. The van der Waals surface area contributed by atoms with E-state index in [0.717, 1.165) is 23.1 Å². The maximum absolute atomic E-state index is 9.00. The molecule has 1 aromatic heterocycles. The predicted octanol–water partition coefficient (Wildman–Crippen LogP) is 2.46. The van der Waals surface area contributed by atoms with E-state index >= 15 is 0 Å². The van der Waals surface area contributed by atoms with E-state index < -0.39 is 0 Å². The lowest BCUT2D eigenvalue weighted by Crippen LogP contribution is -2.29. The largest absolute Gasteiger partial charge is 0.395 e. The Hall–Kier alpha value is -0.320. The number of hydrogen-bond acceptors (Lipinski definition) is 3. The Bertz CT molecular complexity index is 357. The highest BCUT2D eigenvalue weighted by Gasteiger charge is 2.30. The topological polar surface area (TPSA) is 36.4 Å². The molecule has 0 bridgehead atoms. The molecule has 0 radical (unpaired) electrons. The Morgan fingerprint density at radius 1 is 1.60 bits per heavy atom.